The first kappa shape index (κ1) is 16.4. The number of likely N-dealkylation sites (N-methyl/N-ethyl adjacent to an activating group) is 2. The molecule has 1 heterocycles. The van der Waals surface area contributed by atoms with E-state index in [9.17, 15) is 4.79 Å². The molecule has 0 aromatic carbocycles. The Kier molecular flexibility index (Phi) is 5.77. The molecule has 3 unspecified atom stereocenters. The van der Waals surface area contributed by atoms with Crippen molar-refractivity contribution in [3.8, 4) is 0 Å². The summed E-state index contributed by atoms with van der Waals surface area (Å²) >= 11 is 0. The molecular formula is C14H30N4O. The van der Waals surface area contributed by atoms with Gasteiger partial charge in [-0.1, -0.05) is 0 Å². The van der Waals surface area contributed by atoms with E-state index < -0.39 is 5.54 Å². The van der Waals surface area contributed by atoms with Crippen LogP contribution in [-0.2, 0) is 4.79 Å². The lowest BCUT2D eigenvalue weighted by molar-refractivity contribution is -0.124. The lowest BCUT2D eigenvalue weighted by Gasteiger charge is -2.37. The Morgan fingerprint density at radius 3 is 2.68 bits per heavy atom. The summed E-state index contributed by atoms with van der Waals surface area (Å²) < 4.78 is 0. The maximum atomic E-state index is 11.6. The van der Waals surface area contributed by atoms with Gasteiger partial charge in [-0.15, -0.1) is 0 Å². The number of primary amides is 1. The van der Waals surface area contributed by atoms with Crippen LogP contribution < -0.4 is 11.1 Å². The van der Waals surface area contributed by atoms with Crippen LogP contribution in [0.3, 0.4) is 0 Å². The van der Waals surface area contributed by atoms with E-state index in [0.29, 0.717) is 12.1 Å². The van der Waals surface area contributed by atoms with Gasteiger partial charge < -0.3 is 16.0 Å². The number of nitrogens with two attached hydrogens (primary N) is 1. The third-order valence-electron chi connectivity index (χ3n) is 4.36. The maximum Gasteiger partial charge on any atom is 0.237 e. The number of nitrogens with one attached hydrogen (secondary N) is 1. The Bertz CT molecular complexity index is 308. The smallest absolute Gasteiger partial charge is 0.237 e. The summed E-state index contributed by atoms with van der Waals surface area (Å²) in [4.78, 5) is 16.4. The average Bonchev–Trinajstić information content (AvgIpc) is 2.75. The van der Waals surface area contributed by atoms with Gasteiger partial charge in [0.05, 0.1) is 5.54 Å². The molecule has 3 atom stereocenters. The van der Waals surface area contributed by atoms with E-state index in [4.69, 9.17) is 5.73 Å². The zero-order valence-corrected chi connectivity index (χ0v) is 13.1. The van der Waals surface area contributed by atoms with Crippen molar-refractivity contribution in [2.24, 2.45) is 5.73 Å². The minimum Gasteiger partial charge on any atom is -0.368 e. The van der Waals surface area contributed by atoms with E-state index in [1.165, 1.54) is 12.8 Å². The fourth-order valence-electron chi connectivity index (χ4n) is 3.09. The molecule has 1 aliphatic heterocycles. The highest BCUT2D eigenvalue weighted by molar-refractivity contribution is 5.84. The van der Waals surface area contributed by atoms with E-state index >= 15 is 0 Å². The third kappa shape index (κ3) is 4.16. The summed E-state index contributed by atoms with van der Waals surface area (Å²) in [5, 5.41) is 3.08. The van der Waals surface area contributed by atoms with Crippen molar-refractivity contribution >= 4 is 5.91 Å². The van der Waals surface area contributed by atoms with Gasteiger partial charge in [0, 0.05) is 18.6 Å². The van der Waals surface area contributed by atoms with Crippen molar-refractivity contribution in [2.45, 2.75) is 50.7 Å². The molecule has 1 fully saturated rings. The molecule has 1 aliphatic rings. The van der Waals surface area contributed by atoms with Crippen LogP contribution in [0.2, 0.25) is 0 Å². The van der Waals surface area contributed by atoms with Gasteiger partial charge in [-0.25, -0.2) is 0 Å². The van der Waals surface area contributed by atoms with E-state index in [-0.39, 0.29) is 5.91 Å². The number of hydrogen-bond donors (Lipinski definition) is 2. The topological polar surface area (TPSA) is 61.6 Å². The Hall–Kier alpha value is -0.650. The molecule has 5 nitrogen and oxygen atoms in total. The number of nitrogens with zero attached hydrogens (tertiary/aromatic N) is 2. The van der Waals surface area contributed by atoms with Crippen LogP contribution in [-0.4, -0.2) is 67.6 Å². The second-order valence-corrected chi connectivity index (χ2v) is 6.30. The molecule has 19 heavy (non-hydrogen) atoms. The monoisotopic (exact) mass is 270 g/mol. The van der Waals surface area contributed by atoms with Gasteiger partial charge in [0.25, 0.3) is 0 Å². The first-order chi connectivity index (χ1) is 8.80. The maximum absolute atomic E-state index is 11.6. The van der Waals surface area contributed by atoms with Gasteiger partial charge in [-0.3, -0.25) is 9.69 Å². The molecule has 0 radical (unpaired) electrons. The molecule has 0 bridgehead atoms. The van der Waals surface area contributed by atoms with Crippen LogP contribution in [0.4, 0.5) is 0 Å². The number of amides is 1. The summed E-state index contributed by atoms with van der Waals surface area (Å²) in [5.74, 6) is -0.273. The van der Waals surface area contributed by atoms with Gasteiger partial charge in [0.2, 0.25) is 5.91 Å². The quantitative estimate of drug-likeness (QED) is 0.696. The number of carbonyl (C=O) groups excluding carboxylic acids is 1. The lowest BCUT2D eigenvalue weighted by Crippen LogP contribution is -2.56. The SMILES string of the molecule is CNC(C)(CC(C)N1CCCC1CN(C)C)C(N)=O. The molecule has 0 spiro atoms. The Labute approximate surface area is 117 Å². The van der Waals surface area contributed by atoms with Crippen LogP contribution in [0.15, 0.2) is 0 Å². The van der Waals surface area contributed by atoms with Gasteiger partial charge in [0.15, 0.2) is 0 Å². The number of carbonyl (C=O) groups is 1. The van der Waals surface area contributed by atoms with Crippen LogP contribution in [0.1, 0.15) is 33.1 Å². The molecular weight excluding hydrogens is 240 g/mol. The predicted molar refractivity (Wildman–Crippen MR) is 79.0 cm³/mol. The number of likely N-dealkylation sites (tertiary alicyclic amines) is 1. The highest BCUT2D eigenvalue weighted by atomic mass is 16.1. The van der Waals surface area contributed by atoms with Gasteiger partial charge in [-0.2, -0.15) is 0 Å². The molecule has 112 valence electrons. The van der Waals surface area contributed by atoms with E-state index in [1.54, 1.807) is 7.05 Å². The standard InChI is InChI=1S/C14H30N4O/c1-11(9-14(2,16-3)13(15)19)18-8-6-7-12(18)10-17(4)5/h11-12,16H,6-10H2,1-5H3,(H2,15,19). The highest BCUT2D eigenvalue weighted by Gasteiger charge is 2.36. The van der Waals surface area contributed by atoms with Crippen molar-refractivity contribution in [1.29, 1.82) is 0 Å². The molecule has 0 aliphatic carbocycles. The molecule has 5 heteroatoms. The van der Waals surface area contributed by atoms with Crippen molar-refractivity contribution in [3.63, 3.8) is 0 Å². The second kappa shape index (κ2) is 6.68. The Morgan fingerprint density at radius 1 is 1.58 bits per heavy atom. The third-order valence-corrected chi connectivity index (χ3v) is 4.36. The fraction of sp³-hybridized carbons (Fsp3) is 0.929. The highest BCUT2D eigenvalue weighted by Crippen LogP contribution is 2.25. The summed E-state index contributed by atoms with van der Waals surface area (Å²) in [5.41, 5.74) is 4.90. The molecule has 0 saturated carbocycles. The van der Waals surface area contributed by atoms with Crippen molar-refractivity contribution in [1.82, 2.24) is 15.1 Å². The molecule has 1 rings (SSSR count). The van der Waals surface area contributed by atoms with Crippen LogP contribution in [0, 0.1) is 0 Å². The average molecular weight is 270 g/mol. The minimum atomic E-state index is -0.620. The molecule has 0 aromatic heterocycles. The molecule has 0 aromatic rings. The van der Waals surface area contributed by atoms with Crippen LogP contribution in [0.5, 0.6) is 0 Å². The van der Waals surface area contributed by atoms with E-state index in [2.05, 4.69) is 36.1 Å². The van der Waals surface area contributed by atoms with E-state index in [0.717, 1.165) is 19.5 Å². The zero-order chi connectivity index (χ0) is 14.6. The zero-order valence-electron chi connectivity index (χ0n) is 13.1. The predicted octanol–water partition coefficient (Wildman–Crippen LogP) is 0.254. The normalized spacial score (nSPS) is 25.5. The number of hydrogen-bond acceptors (Lipinski definition) is 4. The molecule has 1 amide bonds. The van der Waals surface area contributed by atoms with Crippen molar-refractivity contribution in [3.05, 3.63) is 0 Å². The lowest BCUT2D eigenvalue weighted by atomic mass is 9.92. The van der Waals surface area contributed by atoms with Crippen molar-refractivity contribution < 1.29 is 4.79 Å². The van der Waals surface area contributed by atoms with E-state index in [1.807, 2.05) is 6.92 Å². The van der Waals surface area contributed by atoms with Gasteiger partial charge in [0.1, 0.15) is 0 Å². The van der Waals surface area contributed by atoms with Crippen LogP contribution in [0.25, 0.3) is 0 Å². The van der Waals surface area contributed by atoms with Crippen molar-refractivity contribution in [2.75, 3.05) is 34.2 Å². The summed E-state index contributed by atoms with van der Waals surface area (Å²) in [7, 11) is 6.03. The largest absolute Gasteiger partial charge is 0.368 e. The first-order valence-corrected chi connectivity index (χ1v) is 7.19. The molecule has 1 saturated heterocycles. The number of rotatable bonds is 7. The Morgan fingerprint density at radius 2 is 2.21 bits per heavy atom. The Balaban J connectivity index is 2.66. The summed E-state index contributed by atoms with van der Waals surface area (Å²) in [6, 6.07) is 0.955. The summed E-state index contributed by atoms with van der Waals surface area (Å²) in [6.45, 7) is 6.30. The second-order valence-electron chi connectivity index (χ2n) is 6.30. The first-order valence-electron chi connectivity index (χ1n) is 7.19. The minimum absolute atomic E-state index is 0.273. The molecule has 3 N–H and O–H groups in total. The fourth-order valence-corrected chi connectivity index (χ4v) is 3.09. The van der Waals surface area contributed by atoms with Gasteiger partial charge >= 0.3 is 0 Å². The summed E-state index contributed by atoms with van der Waals surface area (Å²) in [6.07, 6.45) is 3.24. The van der Waals surface area contributed by atoms with Crippen LogP contribution >= 0.6 is 0 Å². The van der Waals surface area contributed by atoms with Gasteiger partial charge in [-0.05, 0) is 60.8 Å².